The molecular weight excluding hydrogens is 308 g/mol. The van der Waals surface area contributed by atoms with E-state index in [0.29, 0.717) is 17.1 Å². The molecule has 1 aromatic carbocycles. The average molecular weight is 323 g/mol. The van der Waals surface area contributed by atoms with Gasteiger partial charge in [-0.25, -0.2) is 8.78 Å². The van der Waals surface area contributed by atoms with Crippen LogP contribution in [0.4, 0.5) is 8.78 Å². The Morgan fingerprint density at radius 3 is 2.82 bits per heavy atom. The molecule has 116 valence electrons. The number of carbonyl (C=O) groups is 1. The van der Waals surface area contributed by atoms with Gasteiger partial charge in [-0.3, -0.25) is 4.79 Å². The first-order valence-electron chi connectivity index (χ1n) is 7.02. The zero-order valence-corrected chi connectivity index (χ0v) is 12.8. The highest BCUT2D eigenvalue weighted by Crippen LogP contribution is 2.40. The van der Waals surface area contributed by atoms with E-state index in [1.54, 1.807) is 4.90 Å². The van der Waals surface area contributed by atoms with Crippen molar-refractivity contribution in [3.05, 3.63) is 59.1 Å². The number of halogens is 2. The molecule has 1 fully saturated rings. The van der Waals surface area contributed by atoms with Gasteiger partial charge < -0.3 is 9.32 Å². The van der Waals surface area contributed by atoms with Gasteiger partial charge in [-0.1, -0.05) is 13.0 Å². The predicted molar refractivity (Wildman–Crippen MR) is 80.2 cm³/mol. The van der Waals surface area contributed by atoms with Gasteiger partial charge in [-0.05, 0) is 18.2 Å². The summed E-state index contributed by atoms with van der Waals surface area (Å²) in [7, 11) is 0. The van der Waals surface area contributed by atoms with Crippen LogP contribution in [0, 0.1) is 11.6 Å². The van der Waals surface area contributed by atoms with Crippen LogP contribution in [0.15, 0.2) is 34.7 Å². The number of thioether (sulfide) groups is 1. The van der Waals surface area contributed by atoms with Gasteiger partial charge in [0.1, 0.15) is 28.5 Å². The summed E-state index contributed by atoms with van der Waals surface area (Å²) in [6, 6.07) is 7.14. The number of hydrogen-bond donors (Lipinski definition) is 0. The molecule has 1 saturated heterocycles. The summed E-state index contributed by atoms with van der Waals surface area (Å²) >= 11 is 1.45. The summed E-state index contributed by atoms with van der Waals surface area (Å²) in [4.78, 5) is 13.7. The maximum Gasteiger partial charge on any atom is 0.234 e. The standard InChI is InChI=1S/C16H15F2NO2S/c1-2-12-5-6-14(21-12)16-19(15(20)9-22-16)8-10-3-4-11(17)7-13(10)18/h3-7,16H,2,8-9H2,1H3. The van der Waals surface area contributed by atoms with Crippen LogP contribution < -0.4 is 0 Å². The second-order valence-corrected chi connectivity index (χ2v) is 6.15. The van der Waals surface area contributed by atoms with Gasteiger partial charge in [0.2, 0.25) is 5.91 Å². The second-order valence-electron chi connectivity index (χ2n) is 5.08. The molecule has 22 heavy (non-hydrogen) atoms. The van der Waals surface area contributed by atoms with Crippen molar-refractivity contribution in [1.29, 1.82) is 0 Å². The fourth-order valence-electron chi connectivity index (χ4n) is 2.41. The summed E-state index contributed by atoms with van der Waals surface area (Å²) in [5.41, 5.74) is 0.296. The van der Waals surface area contributed by atoms with Crippen molar-refractivity contribution >= 4 is 17.7 Å². The van der Waals surface area contributed by atoms with Crippen molar-refractivity contribution < 1.29 is 18.0 Å². The molecule has 2 heterocycles. The lowest BCUT2D eigenvalue weighted by molar-refractivity contribution is -0.128. The van der Waals surface area contributed by atoms with Crippen molar-refractivity contribution in [3.8, 4) is 0 Å². The number of aryl methyl sites for hydroxylation is 1. The topological polar surface area (TPSA) is 33.5 Å². The molecule has 6 heteroatoms. The number of amides is 1. The van der Waals surface area contributed by atoms with Crippen molar-refractivity contribution in [2.24, 2.45) is 0 Å². The molecular formula is C16H15F2NO2S. The Labute approximate surface area is 131 Å². The second kappa shape index (κ2) is 6.12. The number of furan rings is 1. The zero-order valence-electron chi connectivity index (χ0n) is 12.0. The highest BCUT2D eigenvalue weighted by atomic mass is 32.2. The molecule has 0 saturated carbocycles. The van der Waals surface area contributed by atoms with Crippen molar-refractivity contribution in [2.75, 3.05) is 5.75 Å². The number of nitrogens with zero attached hydrogens (tertiary/aromatic N) is 1. The monoisotopic (exact) mass is 323 g/mol. The molecule has 3 nitrogen and oxygen atoms in total. The molecule has 0 N–H and O–H groups in total. The zero-order chi connectivity index (χ0) is 15.7. The SMILES string of the molecule is CCc1ccc(C2SCC(=O)N2Cc2ccc(F)cc2F)o1. The number of rotatable bonds is 4. The fraction of sp³-hybridized carbons (Fsp3) is 0.312. The van der Waals surface area contributed by atoms with Crippen LogP contribution in [0.3, 0.4) is 0 Å². The molecule has 1 aliphatic heterocycles. The lowest BCUT2D eigenvalue weighted by Crippen LogP contribution is -2.28. The van der Waals surface area contributed by atoms with E-state index in [2.05, 4.69) is 0 Å². The predicted octanol–water partition coefficient (Wildman–Crippen LogP) is 3.89. The molecule has 0 spiro atoms. The first-order chi connectivity index (χ1) is 10.6. The van der Waals surface area contributed by atoms with Gasteiger partial charge in [0, 0.05) is 18.1 Å². The quantitative estimate of drug-likeness (QED) is 0.856. The molecule has 3 rings (SSSR count). The molecule has 1 unspecified atom stereocenters. The normalized spacial score (nSPS) is 18.2. The first-order valence-corrected chi connectivity index (χ1v) is 8.07. The Hall–Kier alpha value is -1.82. The van der Waals surface area contributed by atoms with Gasteiger partial charge in [0.15, 0.2) is 0 Å². The van der Waals surface area contributed by atoms with E-state index in [1.165, 1.54) is 23.9 Å². The van der Waals surface area contributed by atoms with Crippen LogP contribution in [-0.2, 0) is 17.8 Å². The minimum Gasteiger partial charge on any atom is -0.463 e. The summed E-state index contributed by atoms with van der Waals surface area (Å²) < 4.78 is 32.5. The van der Waals surface area contributed by atoms with Crippen LogP contribution in [0.1, 0.15) is 29.4 Å². The minimum absolute atomic E-state index is 0.0758. The molecule has 2 aromatic rings. The highest BCUT2D eigenvalue weighted by molar-refractivity contribution is 8.00. The summed E-state index contributed by atoms with van der Waals surface area (Å²) in [6.07, 6.45) is 0.776. The molecule has 0 radical (unpaired) electrons. The van der Waals surface area contributed by atoms with Crippen molar-refractivity contribution in [2.45, 2.75) is 25.3 Å². The van der Waals surface area contributed by atoms with E-state index in [0.717, 1.165) is 18.2 Å². The van der Waals surface area contributed by atoms with E-state index in [4.69, 9.17) is 4.42 Å². The van der Waals surface area contributed by atoms with E-state index in [-0.39, 0.29) is 17.8 Å². The van der Waals surface area contributed by atoms with E-state index >= 15 is 0 Å². The minimum atomic E-state index is -0.642. The molecule has 0 aliphatic carbocycles. The Morgan fingerprint density at radius 1 is 1.32 bits per heavy atom. The number of carbonyl (C=O) groups excluding carboxylic acids is 1. The number of benzene rings is 1. The van der Waals surface area contributed by atoms with Crippen molar-refractivity contribution in [3.63, 3.8) is 0 Å². The lowest BCUT2D eigenvalue weighted by atomic mass is 10.2. The van der Waals surface area contributed by atoms with Crippen LogP contribution in [0.25, 0.3) is 0 Å². The Morgan fingerprint density at radius 2 is 2.14 bits per heavy atom. The smallest absolute Gasteiger partial charge is 0.234 e. The molecule has 1 aromatic heterocycles. The molecule has 1 atom stereocenters. The largest absolute Gasteiger partial charge is 0.463 e. The third-order valence-corrected chi connectivity index (χ3v) is 4.81. The molecule has 0 bridgehead atoms. The van der Waals surface area contributed by atoms with E-state index in [9.17, 15) is 13.6 Å². The lowest BCUT2D eigenvalue weighted by Gasteiger charge is -2.22. The van der Waals surface area contributed by atoms with Crippen molar-refractivity contribution in [1.82, 2.24) is 4.90 Å². The summed E-state index contributed by atoms with van der Waals surface area (Å²) in [5.74, 6) is 0.525. The number of hydrogen-bond acceptors (Lipinski definition) is 3. The van der Waals surface area contributed by atoms with Gasteiger partial charge in [-0.2, -0.15) is 0 Å². The maximum absolute atomic E-state index is 13.8. The van der Waals surface area contributed by atoms with Crippen LogP contribution in [0.2, 0.25) is 0 Å². The summed E-state index contributed by atoms with van der Waals surface area (Å²) in [5, 5.41) is -0.266. The van der Waals surface area contributed by atoms with Crippen LogP contribution in [0.5, 0.6) is 0 Å². The Bertz CT molecular complexity index is 701. The molecule has 1 aliphatic rings. The van der Waals surface area contributed by atoms with E-state index < -0.39 is 11.6 Å². The van der Waals surface area contributed by atoms with Gasteiger partial charge in [0.25, 0.3) is 0 Å². The average Bonchev–Trinajstić information content (AvgIpc) is 3.09. The highest BCUT2D eigenvalue weighted by Gasteiger charge is 2.35. The van der Waals surface area contributed by atoms with E-state index in [1.807, 2.05) is 19.1 Å². The van der Waals surface area contributed by atoms with Gasteiger partial charge in [0.05, 0.1) is 12.3 Å². The Kier molecular flexibility index (Phi) is 4.20. The third kappa shape index (κ3) is 2.88. The van der Waals surface area contributed by atoms with Crippen LogP contribution in [-0.4, -0.2) is 16.6 Å². The molecule has 1 amide bonds. The third-order valence-electron chi connectivity index (χ3n) is 3.60. The summed E-state index contributed by atoms with van der Waals surface area (Å²) in [6.45, 7) is 2.09. The van der Waals surface area contributed by atoms with Gasteiger partial charge in [-0.15, -0.1) is 11.8 Å². The first kappa shape index (κ1) is 15.1. The maximum atomic E-state index is 13.8. The van der Waals surface area contributed by atoms with Gasteiger partial charge >= 0.3 is 0 Å². The van der Waals surface area contributed by atoms with Crippen LogP contribution >= 0.6 is 11.8 Å². The fourth-order valence-corrected chi connectivity index (χ4v) is 3.54. The Balaban J connectivity index is 1.84.